The summed E-state index contributed by atoms with van der Waals surface area (Å²) in [5, 5.41) is 2.93. The van der Waals surface area contributed by atoms with E-state index < -0.39 is 16.1 Å². The largest absolute Gasteiger partial charge is 0.476 e. The van der Waals surface area contributed by atoms with Gasteiger partial charge in [0, 0.05) is 5.69 Å². The van der Waals surface area contributed by atoms with Crippen LogP contribution < -0.4 is 14.4 Å². The van der Waals surface area contributed by atoms with E-state index in [4.69, 9.17) is 4.74 Å². The predicted octanol–water partition coefficient (Wildman–Crippen LogP) is 3.11. The van der Waals surface area contributed by atoms with Crippen LogP contribution in [0.5, 0.6) is 5.75 Å². The summed E-state index contributed by atoms with van der Waals surface area (Å²) in [6.07, 6.45) is -0.146. The summed E-state index contributed by atoms with van der Waals surface area (Å²) < 4.78 is 32.2. The summed E-state index contributed by atoms with van der Waals surface area (Å²) in [6, 6.07) is 12.7. The molecule has 0 saturated heterocycles. The molecule has 0 saturated carbocycles. The van der Waals surface area contributed by atoms with E-state index in [9.17, 15) is 13.2 Å². The number of sulfonamides is 1. The van der Waals surface area contributed by atoms with Gasteiger partial charge in [-0.05, 0) is 43.5 Å². The summed E-state index contributed by atoms with van der Waals surface area (Å²) in [6.45, 7) is 5.49. The van der Waals surface area contributed by atoms with Crippen molar-refractivity contribution in [3.8, 4) is 5.75 Å². The highest BCUT2D eigenvalue weighted by molar-refractivity contribution is 7.92. The minimum absolute atomic E-state index is 0.0482. The molecular formula is C20H24N2O4S. The van der Waals surface area contributed by atoms with Crippen molar-refractivity contribution in [3.05, 3.63) is 53.6 Å². The van der Waals surface area contributed by atoms with Crippen LogP contribution in [0.25, 0.3) is 0 Å². The van der Waals surface area contributed by atoms with E-state index in [1.165, 1.54) is 4.31 Å². The Morgan fingerprint density at radius 1 is 1.19 bits per heavy atom. The van der Waals surface area contributed by atoms with Crippen LogP contribution in [0.1, 0.15) is 25.0 Å². The number of fused-ring (bicyclic) bond motifs is 1. The molecule has 0 bridgehead atoms. The van der Waals surface area contributed by atoms with E-state index in [-0.39, 0.29) is 18.2 Å². The number of nitrogens with zero attached hydrogens (tertiary/aromatic N) is 1. The average Bonchev–Trinajstić information content (AvgIpc) is 2.68. The Balaban J connectivity index is 1.91. The van der Waals surface area contributed by atoms with Gasteiger partial charge in [0.2, 0.25) is 10.0 Å². The number of carbonyl (C=O) groups is 1. The van der Waals surface area contributed by atoms with Gasteiger partial charge in [-0.15, -0.1) is 0 Å². The predicted molar refractivity (Wildman–Crippen MR) is 107 cm³/mol. The van der Waals surface area contributed by atoms with Crippen LogP contribution in [0, 0.1) is 6.92 Å². The second-order valence-corrected chi connectivity index (χ2v) is 8.64. The molecule has 0 spiro atoms. The highest BCUT2D eigenvalue weighted by Crippen LogP contribution is 2.35. The molecule has 144 valence electrons. The standard InChI is InChI=1S/C20H24N2O4S/c1-4-15-10-8-9-14(3)19(15)21-20(23)18-13-22(27(24,25)5-2)16-11-6-7-12-17(16)26-18/h6-12,18H,4-5,13H2,1-3H3,(H,21,23). The molecule has 1 heterocycles. The third kappa shape index (κ3) is 3.78. The summed E-state index contributed by atoms with van der Waals surface area (Å²) in [5.41, 5.74) is 3.21. The van der Waals surface area contributed by atoms with Gasteiger partial charge in [-0.3, -0.25) is 9.10 Å². The van der Waals surface area contributed by atoms with Gasteiger partial charge in [0.15, 0.2) is 6.10 Å². The van der Waals surface area contributed by atoms with E-state index >= 15 is 0 Å². The summed E-state index contributed by atoms with van der Waals surface area (Å²) >= 11 is 0. The number of para-hydroxylation sites is 3. The number of amides is 1. The molecule has 6 nitrogen and oxygen atoms in total. The van der Waals surface area contributed by atoms with Gasteiger partial charge >= 0.3 is 0 Å². The molecule has 0 radical (unpaired) electrons. The van der Waals surface area contributed by atoms with Gasteiger partial charge in [-0.25, -0.2) is 8.42 Å². The van der Waals surface area contributed by atoms with E-state index in [0.717, 1.165) is 23.2 Å². The van der Waals surface area contributed by atoms with Crippen molar-refractivity contribution in [1.82, 2.24) is 0 Å². The van der Waals surface area contributed by atoms with Gasteiger partial charge in [-0.1, -0.05) is 37.3 Å². The molecule has 1 atom stereocenters. The molecule has 0 aliphatic carbocycles. The third-order valence-corrected chi connectivity index (χ3v) is 6.46. The van der Waals surface area contributed by atoms with Crippen molar-refractivity contribution in [2.45, 2.75) is 33.3 Å². The van der Waals surface area contributed by atoms with Crippen molar-refractivity contribution in [2.24, 2.45) is 0 Å². The van der Waals surface area contributed by atoms with Gasteiger partial charge < -0.3 is 10.1 Å². The van der Waals surface area contributed by atoms with Crippen molar-refractivity contribution in [1.29, 1.82) is 0 Å². The van der Waals surface area contributed by atoms with Crippen molar-refractivity contribution in [2.75, 3.05) is 21.9 Å². The molecule has 1 amide bonds. The lowest BCUT2D eigenvalue weighted by Crippen LogP contribution is -2.49. The maximum atomic E-state index is 12.9. The molecule has 0 aromatic heterocycles. The van der Waals surface area contributed by atoms with E-state index in [1.807, 2.05) is 32.0 Å². The molecule has 0 fully saturated rings. The van der Waals surface area contributed by atoms with Crippen LogP contribution >= 0.6 is 0 Å². The first-order valence-electron chi connectivity index (χ1n) is 9.02. The number of rotatable bonds is 5. The first-order valence-corrected chi connectivity index (χ1v) is 10.6. The topological polar surface area (TPSA) is 75.7 Å². The van der Waals surface area contributed by atoms with Gasteiger partial charge in [-0.2, -0.15) is 0 Å². The van der Waals surface area contributed by atoms with Crippen LogP contribution in [0.3, 0.4) is 0 Å². The number of benzene rings is 2. The van der Waals surface area contributed by atoms with Crippen molar-refractivity contribution < 1.29 is 17.9 Å². The molecule has 1 aliphatic heterocycles. The Bertz CT molecular complexity index is 956. The maximum absolute atomic E-state index is 12.9. The Morgan fingerprint density at radius 2 is 1.93 bits per heavy atom. The van der Waals surface area contributed by atoms with Crippen LogP contribution in [0.15, 0.2) is 42.5 Å². The molecule has 3 rings (SSSR count). The summed E-state index contributed by atoms with van der Waals surface area (Å²) in [5.74, 6) is -0.0146. The van der Waals surface area contributed by atoms with Gasteiger partial charge in [0.25, 0.3) is 5.91 Å². The lowest BCUT2D eigenvalue weighted by molar-refractivity contribution is -0.122. The molecule has 1 aliphatic rings. The number of nitrogens with one attached hydrogen (secondary N) is 1. The quantitative estimate of drug-likeness (QED) is 0.854. The normalized spacial score (nSPS) is 16.4. The van der Waals surface area contributed by atoms with Crippen LogP contribution in [-0.2, 0) is 21.2 Å². The highest BCUT2D eigenvalue weighted by Gasteiger charge is 2.36. The highest BCUT2D eigenvalue weighted by atomic mass is 32.2. The fourth-order valence-corrected chi connectivity index (χ4v) is 4.29. The first-order chi connectivity index (χ1) is 12.9. The van der Waals surface area contributed by atoms with E-state index in [0.29, 0.717) is 11.4 Å². The smallest absolute Gasteiger partial charge is 0.267 e. The maximum Gasteiger partial charge on any atom is 0.267 e. The molecule has 7 heteroatoms. The number of hydrogen-bond acceptors (Lipinski definition) is 4. The number of anilines is 2. The Hall–Kier alpha value is -2.54. The molecule has 2 aromatic rings. The number of carbonyl (C=O) groups excluding carboxylic acids is 1. The van der Waals surface area contributed by atoms with Crippen LogP contribution in [0.4, 0.5) is 11.4 Å². The van der Waals surface area contributed by atoms with Crippen molar-refractivity contribution >= 4 is 27.3 Å². The van der Waals surface area contributed by atoms with E-state index in [2.05, 4.69) is 5.32 Å². The number of hydrogen-bond donors (Lipinski definition) is 1. The number of ether oxygens (including phenoxy) is 1. The van der Waals surface area contributed by atoms with E-state index in [1.54, 1.807) is 31.2 Å². The van der Waals surface area contributed by atoms with Gasteiger partial charge in [0.1, 0.15) is 5.75 Å². The average molecular weight is 388 g/mol. The fourth-order valence-electron chi connectivity index (χ4n) is 3.16. The van der Waals surface area contributed by atoms with Crippen molar-refractivity contribution in [3.63, 3.8) is 0 Å². The number of aryl methyl sites for hydroxylation is 2. The second-order valence-electron chi connectivity index (χ2n) is 6.46. The minimum Gasteiger partial charge on any atom is -0.476 e. The summed E-state index contributed by atoms with van der Waals surface area (Å²) in [4.78, 5) is 12.9. The molecule has 2 aromatic carbocycles. The van der Waals surface area contributed by atoms with Crippen LogP contribution in [0.2, 0.25) is 0 Å². The fraction of sp³-hybridized carbons (Fsp3) is 0.350. The third-order valence-electron chi connectivity index (χ3n) is 4.72. The zero-order valence-electron chi connectivity index (χ0n) is 15.7. The lowest BCUT2D eigenvalue weighted by atomic mass is 10.1. The van der Waals surface area contributed by atoms with Gasteiger partial charge in [0.05, 0.1) is 18.0 Å². The summed E-state index contributed by atoms with van der Waals surface area (Å²) in [7, 11) is -3.52. The molecule has 1 N–H and O–H groups in total. The zero-order valence-corrected chi connectivity index (χ0v) is 16.5. The molecular weight excluding hydrogens is 364 g/mol. The zero-order chi connectivity index (χ0) is 19.6. The molecule has 27 heavy (non-hydrogen) atoms. The van der Waals surface area contributed by atoms with Crippen LogP contribution in [-0.4, -0.2) is 32.7 Å². The Morgan fingerprint density at radius 3 is 2.63 bits per heavy atom. The lowest BCUT2D eigenvalue weighted by Gasteiger charge is -2.34. The molecule has 1 unspecified atom stereocenters. The SMILES string of the molecule is CCc1cccc(C)c1NC(=O)C1CN(S(=O)(=O)CC)c2ccccc2O1. The first kappa shape index (κ1) is 19.2. The minimum atomic E-state index is -3.52. The second kappa shape index (κ2) is 7.60. The monoisotopic (exact) mass is 388 g/mol. The Kier molecular flexibility index (Phi) is 5.41. The Labute approximate surface area is 160 Å².